The number of aryl methyl sites for hydroxylation is 2. The van der Waals surface area contributed by atoms with Gasteiger partial charge in [-0.1, -0.05) is 18.2 Å². The molecule has 1 heterocycles. The molecule has 1 aromatic heterocycles. The first-order valence-electron chi connectivity index (χ1n) is 6.43. The zero-order chi connectivity index (χ0) is 14.2. The summed E-state index contributed by atoms with van der Waals surface area (Å²) in [5.74, 6) is 2.08. The third-order valence-electron chi connectivity index (χ3n) is 3.23. The highest BCUT2D eigenvalue weighted by Crippen LogP contribution is 2.30. The normalized spacial score (nSPS) is 11.9. The first-order valence-corrected chi connectivity index (χ1v) is 6.97. The fourth-order valence-corrected chi connectivity index (χ4v) is 2.61. The smallest absolute Gasteiger partial charge is 0.165 e. The second-order valence-electron chi connectivity index (χ2n) is 5.85. The fourth-order valence-electron chi connectivity index (χ4n) is 2.44. The molecular formula is C15H20ClN3. The summed E-state index contributed by atoms with van der Waals surface area (Å²) < 4.78 is 2.13. The number of hydrogen-bond donors (Lipinski definition) is 0. The Morgan fingerprint density at radius 3 is 2.16 bits per heavy atom. The first kappa shape index (κ1) is 14.1. The quantitative estimate of drug-likeness (QED) is 0.775. The summed E-state index contributed by atoms with van der Waals surface area (Å²) in [6, 6.07) is 6.27. The molecular weight excluding hydrogens is 258 g/mol. The lowest BCUT2D eigenvalue weighted by Gasteiger charge is -2.25. The van der Waals surface area contributed by atoms with Gasteiger partial charge in [0, 0.05) is 11.1 Å². The number of aromatic nitrogens is 3. The number of nitrogens with zero attached hydrogens (tertiary/aromatic N) is 3. The molecule has 0 N–H and O–H groups in total. The van der Waals surface area contributed by atoms with Crippen LogP contribution >= 0.6 is 11.6 Å². The third kappa shape index (κ3) is 2.52. The highest BCUT2D eigenvalue weighted by Gasteiger charge is 2.24. The Bertz CT molecular complexity index is 574. The van der Waals surface area contributed by atoms with Crippen LogP contribution in [0.25, 0.3) is 11.4 Å². The van der Waals surface area contributed by atoms with Crippen LogP contribution in [0.2, 0.25) is 0 Å². The van der Waals surface area contributed by atoms with Gasteiger partial charge in [0.05, 0.1) is 5.88 Å². The van der Waals surface area contributed by atoms with E-state index in [9.17, 15) is 0 Å². The van der Waals surface area contributed by atoms with E-state index in [1.807, 2.05) is 0 Å². The van der Waals surface area contributed by atoms with E-state index in [0.717, 1.165) is 17.2 Å². The molecule has 0 bridgehead atoms. The number of halogens is 1. The van der Waals surface area contributed by atoms with Crippen LogP contribution in [0, 0.1) is 13.8 Å². The van der Waals surface area contributed by atoms with E-state index in [1.165, 1.54) is 11.1 Å². The molecule has 4 heteroatoms. The van der Waals surface area contributed by atoms with Gasteiger partial charge in [-0.3, -0.25) is 0 Å². The second kappa shape index (κ2) is 4.97. The zero-order valence-electron chi connectivity index (χ0n) is 12.2. The number of benzene rings is 1. The molecule has 0 radical (unpaired) electrons. The molecule has 1 aromatic carbocycles. The van der Waals surface area contributed by atoms with Crippen LogP contribution < -0.4 is 0 Å². The van der Waals surface area contributed by atoms with Crippen molar-refractivity contribution in [2.45, 2.75) is 46.0 Å². The SMILES string of the molecule is Cc1cccc(C)c1-c1nnc(CCl)n1C(C)(C)C. The van der Waals surface area contributed by atoms with Gasteiger partial charge >= 0.3 is 0 Å². The Hall–Kier alpha value is -1.35. The van der Waals surface area contributed by atoms with Gasteiger partial charge in [-0.15, -0.1) is 21.8 Å². The van der Waals surface area contributed by atoms with Crippen molar-refractivity contribution in [1.29, 1.82) is 0 Å². The van der Waals surface area contributed by atoms with Crippen LogP contribution in [-0.4, -0.2) is 14.8 Å². The van der Waals surface area contributed by atoms with Crippen molar-refractivity contribution >= 4 is 11.6 Å². The summed E-state index contributed by atoms with van der Waals surface area (Å²) in [5, 5.41) is 8.61. The van der Waals surface area contributed by atoms with Crippen molar-refractivity contribution in [1.82, 2.24) is 14.8 Å². The van der Waals surface area contributed by atoms with E-state index in [-0.39, 0.29) is 5.54 Å². The average molecular weight is 278 g/mol. The Morgan fingerprint density at radius 1 is 1.11 bits per heavy atom. The van der Waals surface area contributed by atoms with E-state index in [2.05, 4.69) is 67.6 Å². The maximum atomic E-state index is 6.00. The highest BCUT2D eigenvalue weighted by molar-refractivity contribution is 6.16. The minimum absolute atomic E-state index is 0.0994. The van der Waals surface area contributed by atoms with Gasteiger partial charge in [0.1, 0.15) is 5.82 Å². The first-order chi connectivity index (χ1) is 8.86. The second-order valence-corrected chi connectivity index (χ2v) is 6.11. The molecule has 0 atom stereocenters. The summed E-state index contributed by atoms with van der Waals surface area (Å²) in [5.41, 5.74) is 3.47. The predicted molar refractivity (Wildman–Crippen MR) is 79.5 cm³/mol. The van der Waals surface area contributed by atoms with Gasteiger partial charge in [-0.05, 0) is 45.7 Å². The van der Waals surface area contributed by atoms with Gasteiger partial charge in [0.25, 0.3) is 0 Å². The molecule has 2 aromatic rings. The largest absolute Gasteiger partial charge is 0.305 e. The Balaban J connectivity index is 2.74. The topological polar surface area (TPSA) is 30.7 Å². The summed E-state index contributed by atoms with van der Waals surface area (Å²) in [6.45, 7) is 10.6. The van der Waals surface area contributed by atoms with Crippen LogP contribution in [0.15, 0.2) is 18.2 Å². The van der Waals surface area contributed by atoms with Crippen molar-refractivity contribution < 1.29 is 0 Å². The Labute approximate surface area is 119 Å². The molecule has 19 heavy (non-hydrogen) atoms. The molecule has 0 amide bonds. The fraction of sp³-hybridized carbons (Fsp3) is 0.467. The molecule has 0 aliphatic heterocycles. The van der Waals surface area contributed by atoms with E-state index in [0.29, 0.717) is 5.88 Å². The maximum absolute atomic E-state index is 6.00. The lowest BCUT2D eigenvalue weighted by Crippen LogP contribution is -2.25. The van der Waals surface area contributed by atoms with Crippen LogP contribution in [0.3, 0.4) is 0 Å². The number of alkyl halides is 1. The molecule has 2 rings (SSSR count). The lowest BCUT2D eigenvalue weighted by molar-refractivity contribution is 0.390. The van der Waals surface area contributed by atoms with Crippen molar-refractivity contribution in [3.05, 3.63) is 35.2 Å². The van der Waals surface area contributed by atoms with Crippen molar-refractivity contribution in [2.75, 3.05) is 0 Å². The average Bonchev–Trinajstić information content (AvgIpc) is 2.72. The summed E-state index contributed by atoms with van der Waals surface area (Å²) in [7, 11) is 0. The molecule has 0 fully saturated rings. The Kier molecular flexibility index (Phi) is 3.68. The lowest BCUT2D eigenvalue weighted by atomic mass is 10.0. The standard InChI is InChI=1S/C15H20ClN3/c1-10-7-6-8-11(2)13(10)14-18-17-12(9-16)19(14)15(3,4)5/h6-8H,9H2,1-5H3. The van der Waals surface area contributed by atoms with E-state index in [1.54, 1.807) is 0 Å². The van der Waals surface area contributed by atoms with E-state index < -0.39 is 0 Å². The molecule has 0 aliphatic carbocycles. The summed E-state index contributed by atoms with van der Waals surface area (Å²) in [6.07, 6.45) is 0. The van der Waals surface area contributed by atoms with Crippen LogP contribution in [-0.2, 0) is 11.4 Å². The zero-order valence-corrected chi connectivity index (χ0v) is 12.9. The Morgan fingerprint density at radius 2 is 1.68 bits per heavy atom. The molecule has 3 nitrogen and oxygen atoms in total. The van der Waals surface area contributed by atoms with Gasteiger partial charge in [-0.25, -0.2) is 0 Å². The molecule has 0 spiro atoms. The number of hydrogen-bond acceptors (Lipinski definition) is 2. The molecule has 102 valence electrons. The van der Waals surface area contributed by atoms with Gasteiger partial charge < -0.3 is 4.57 Å². The van der Waals surface area contributed by atoms with Gasteiger partial charge in [-0.2, -0.15) is 0 Å². The van der Waals surface area contributed by atoms with Crippen LogP contribution in [0.5, 0.6) is 0 Å². The monoisotopic (exact) mass is 277 g/mol. The highest BCUT2D eigenvalue weighted by atomic mass is 35.5. The van der Waals surface area contributed by atoms with Gasteiger partial charge in [0.2, 0.25) is 0 Å². The molecule has 0 aliphatic rings. The van der Waals surface area contributed by atoms with Crippen LogP contribution in [0.1, 0.15) is 37.7 Å². The minimum atomic E-state index is -0.0994. The third-order valence-corrected chi connectivity index (χ3v) is 3.46. The van der Waals surface area contributed by atoms with E-state index in [4.69, 9.17) is 11.6 Å². The molecule has 0 saturated heterocycles. The van der Waals surface area contributed by atoms with E-state index >= 15 is 0 Å². The minimum Gasteiger partial charge on any atom is -0.305 e. The maximum Gasteiger partial charge on any atom is 0.165 e. The summed E-state index contributed by atoms with van der Waals surface area (Å²) in [4.78, 5) is 0. The molecule has 0 saturated carbocycles. The van der Waals surface area contributed by atoms with Crippen molar-refractivity contribution in [2.24, 2.45) is 0 Å². The summed E-state index contributed by atoms with van der Waals surface area (Å²) >= 11 is 6.00. The predicted octanol–water partition coefficient (Wildman–Crippen LogP) is 4.06. The van der Waals surface area contributed by atoms with Crippen LogP contribution in [0.4, 0.5) is 0 Å². The molecule has 0 unspecified atom stereocenters. The number of rotatable bonds is 2. The van der Waals surface area contributed by atoms with Gasteiger partial charge in [0.15, 0.2) is 5.82 Å². The van der Waals surface area contributed by atoms with Crippen molar-refractivity contribution in [3.8, 4) is 11.4 Å². The van der Waals surface area contributed by atoms with Crippen molar-refractivity contribution in [3.63, 3.8) is 0 Å².